The lowest BCUT2D eigenvalue weighted by Gasteiger charge is -2.26. The maximum atomic E-state index is 9.88. The summed E-state index contributed by atoms with van der Waals surface area (Å²) in [7, 11) is 0. The van der Waals surface area contributed by atoms with Crippen LogP contribution in [0, 0.1) is 0 Å². The highest BCUT2D eigenvalue weighted by Gasteiger charge is 2.23. The van der Waals surface area contributed by atoms with Gasteiger partial charge in [-0.15, -0.1) is 0 Å². The number of nitrogen functional groups attached to an aromatic ring is 2. The highest BCUT2D eigenvalue weighted by Crippen LogP contribution is 2.35. The van der Waals surface area contributed by atoms with Crippen LogP contribution in [0.25, 0.3) is 22.3 Å². The molecule has 4 rings (SSSR count). The molecule has 0 saturated heterocycles. The monoisotopic (exact) mass is 410 g/mol. The summed E-state index contributed by atoms with van der Waals surface area (Å²) in [6, 6.07) is 27.3. The summed E-state index contributed by atoms with van der Waals surface area (Å²) in [5.74, 6) is 0.188. The molecule has 4 heteroatoms. The number of hydrogen-bond donors (Lipinski definition) is 4. The molecule has 0 amide bonds. The Bertz CT molecular complexity index is 1130. The number of anilines is 2. The van der Waals surface area contributed by atoms with Crippen molar-refractivity contribution in [3.63, 3.8) is 0 Å². The Morgan fingerprint density at radius 2 is 0.839 bits per heavy atom. The highest BCUT2D eigenvalue weighted by atomic mass is 16.3. The second-order valence-corrected chi connectivity index (χ2v) is 8.33. The first-order valence-electron chi connectivity index (χ1n) is 10.1. The fourth-order valence-electron chi connectivity index (χ4n) is 3.77. The molecule has 0 spiro atoms. The van der Waals surface area contributed by atoms with Crippen molar-refractivity contribution in [3.05, 3.63) is 96.1 Å². The second kappa shape index (κ2) is 7.73. The fraction of sp³-hybridized carbons (Fsp3) is 0.111. The molecule has 31 heavy (non-hydrogen) atoms. The molecular weight excluding hydrogens is 384 g/mol. The first-order chi connectivity index (χ1) is 14.8. The molecule has 0 aromatic heterocycles. The molecule has 0 saturated carbocycles. The summed E-state index contributed by atoms with van der Waals surface area (Å²) in [4.78, 5) is 0. The van der Waals surface area contributed by atoms with E-state index in [9.17, 15) is 10.2 Å². The minimum absolute atomic E-state index is 0.0939. The number of hydrogen-bond acceptors (Lipinski definition) is 4. The van der Waals surface area contributed by atoms with Crippen LogP contribution in [-0.2, 0) is 5.41 Å². The second-order valence-electron chi connectivity index (χ2n) is 8.33. The summed E-state index contributed by atoms with van der Waals surface area (Å²) in [5, 5.41) is 19.8. The van der Waals surface area contributed by atoms with E-state index < -0.39 is 0 Å². The smallest absolute Gasteiger partial charge is 0.139 e. The molecule has 6 N–H and O–H groups in total. The third kappa shape index (κ3) is 3.92. The third-order valence-electron chi connectivity index (χ3n) is 5.94. The quantitative estimate of drug-likeness (QED) is 0.248. The average molecular weight is 411 g/mol. The van der Waals surface area contributed by atoms with Gasteiger partial charge in [0.1, 0.15) is 11.5 Å². The van der Waals surface area contributed by atoms with Gasteiger partial charge >= 0.3 is 0 Å². The van der Waals surface area contributed by atoms with Crippen molar-refractivity contribution in [3.8, 4) is 33.8 Å². The molecule has 0 heterocycles. The zero-order valence-electron chi connectivity index (χ0n) is 17.6. The number of benzene rings is 4. The first kappa shape index (κ1) is 20.4. The number of aromatic hydroxyl groups is 2. The number of phenolic OH excluding ortho intramolecular Hbond substituents is 2. The zero-order chi connectivity index (χ0) is 22.2. The topological polar surface area (TPSA) is 92.5 Å². The van der Waals surface area contributed by atoms with Crippen LogP contribution >= 0.6 is 0 Å². The Kier molecular flexibility index (Phi) is 5.07. The number of phenols is 2. The molecule has 0 atom stereocenters. The molecule has 0 aliphatic rings. The van der Waals surface area contributed by atoms with Crippen molar-refractivity contribution < 1.29 is 10.2 Å². The van der Waals surface area contributed by atoms with Crippen molar-refractivity contribution in [2.45, 2.75) is 19.3 Å². The van der Waals surface area contributed by atoms with Crippen LogP contribution in [0.15, 0.2) is 84.9 Å². The van der Waals surface area contributed by atoms with Crippen molar-refractivity contribution >= 4 is 11.4 Å². The van der Waals surface area contributed by atoms with Crippen LogP contribution in [-0.4, -0.2) is 10.2 Å². The van der Waals surface area contributed by atoms with E-state index >= 15 is 0 Å². The van der Waals surface area contributed by atoms with Crippen LogP contribution in [0.1, 0.15) is 25.0 Å². The van der Waals surface area contributed by atoms with Crippen molar-refractivity contribution in [2.75, 3.05) is 11.5 Å². The van der Waals surface area contributed by atoms with Crippen molar-refractivity contribution in [1.82, 2.24) is 0 Å². The van der Waals surface area contributed by atoms with E-state index in [0.29, 0.717) is 11.4 Å². The van der Waals surface area contributed by atoms with E-state index in [-0.39, 0.29) is 16.9 Å². The van der Waals surface area contributed by atoms with Crippen LogP contribution < -0.4 is 11.5 Å². The SMILES string of the molecule is CC(C)(c1ccc(-c2ccc(N)c(O)c2)cc1)c1ccc(-c2ccc(N)c(O)c2)cc1. The fourth-order valence-corrected chi connectivity index (χ4v) is 3.77. The molecule has 0 aliphatic heterocycles. The molecule has 4 nitrogen and oxygen atoms in total. The Balaban J connectivity index is 1.60. The Morgan fingerprint density at radius 3 is 1.16 bits per heavy atom. The lowest BCUT2D eigenvalue weighted by Crippen LogP contribution is -2.18. The van der Waals surface area contributed by atoms with Crippen LogP contribution in [0.5, 0.6) is 11.5 Å². The van der Waals surface area contributed by atoms with Crippen LogP contribution in [0.2, 0.25) is 0 Å². The van der Waals surface area contributed by atoms with E-state index in [1.807, 2.05) is 12.1 Å². The molecule has 0 aliphatic carbocycles. The maximum Gasteiger partial charge on any atom is 0.139 e. The van der Waals surface area contributed by atoms with Crippen LogP contribution in [0.3, 0.4) is 0 Å². The van der Waals surface area contributed by atoms with Gasteiger partial charge in [0, 0.05) is 5.41 Å². The van der Waals surface area contributed by atoms with Crippen LogP contribution in [0.4, 0.5) is 11.4 Å². The summed E-state index contributed by atoms with van der Waals surface area (Å²) < 4.78 is 0. The Morgan fingerprint density at radius 1 is 0.516 bits per heavy atom. The van der Waals surface area contributed by atoms with Gasteiger partial charge in [-0.2, -0.15) is 0 Å². The standard InChI is InChI=1S/C27H26N2O2/c1-27(2,21-9-3-17(4-10-21)19-7-13-23(28)25(30)15-19)22-11-5-18(6-12-22)20-8-14-24(29)26(31)16-20/h3-16,30-31H,28-29H2,1-2H3. The summed E-state index contributed by atoms with van der Waals surface area (Å²) in [6.45, 7) is 4.39. The summed E-state index contributed by atoms with van der Waals surface area (Å²) >= 11 is 0. The molecule has 156 valence electrons. The Hall–Kier alpha value is -3.92. The van der Waals surface area contributed by atoms with E-state index in [0.717, 1.165) is 22.3 Å². The third-order valence-corrected chi connectivity index (χ3v) is 5.94. The lowest BCUT2D eigenvalue weighted by molar-refractivity contribution is 0.477. The van der Waals surface area contributed by atoms with E-state index in [1.54, 1.807) is 24.3 Å². The molecular formula is C27H26N2O2. The van der Waals surface area contributed by atoms with Gasteiger partial charge in [0.05, 0.1) is 11.4 Å². The van der Waals surface area contributed by atoms with Gasteiger partial charge in [-0.05, 0) is 57.6 Å². The van der Waals surface area contributed by atoms with Gasteiger partial charge in [0.15, 0.2) is 0 Å². The average Bonchev–Trinajstić information content (AvgIpc) is 2.78. The molecule has 0 radical (unpaired) electrons. The predicted octanol–water partition coefficient (Wildman–Crippen LogP) is 5.92. The lowest BCUT2D eigenvalue weighted by atomic mass is 9.77. The van der Waals surface area contributed by atoms with Gasteiger partial charge in [-0.1, -0.05) is 74.5 Å². The highest BCUT2D eigenvalue weighted by molar-refractivity contribution is 5.71. The normalized spacial score (nSPS) is 11.4. The van der Waals surface area contributed by atoms with E-state index in [4.69, 9.17) is 11.5 Å². The van der Waals surface area contributed by atoms with E-state index in [1.165, 1.54) is 11.1 Å². The van der Waals surface area contributed by atoms with Gasteiger partial charge in [0.2, 0.25) is 0 Å². The van der Waals surface area contributed by atoms with Gasteiger partial charge in [-0.25, -0.2) is 0 Å². The summed E-state index contributed by atoms with van der Waals surface area (Å²) in [6.07, 6.45) is 0. The number of rotatable bonds is 4. The minimum atomic E-state index is -0.191. The Labute approximate surface area is 182 Å². The maximum absolute atomic E-state index is 9.88. The van der Waals surface area contributed by atoms with Crippen molar-refractivity contribution in [1.29, 1.82) is 0 Å². The summed E-state index contributed by atoms with van der Waals surface area (Å²) in [5.41, 5.74) is 18.2. The largest absolute Gasteiger partial charge is 0.506 e. The molecule has 4 aromatic carbocycles. The predicted molar refractivity (Wildman–Crippen MR) is 128 cm³/mol. The minimum Gasteiger partial charge on any atom is -0.506 e. The van der Waals surface area contributed by atoms with Gasteiger partial charge < -0.3 is 21.7 Å². The van der Waals surface area contributed by atoms with Gasteiger partial charge in [0.25, 0.3) is 0 Å². The van der Waals surface area contributed by atoms with Gasteiger partial charge in [-0.3, -0.25) is 0 Å². The molecule has 4 aromatic rings. The molecule has 0 unspecified atom stereocenters. The zero-order valence-corrected chi connectivity index (χ0v) is 17.6. The molecule has 0 bridgehead atoms. The van der Waals surface area contributed by atoms with Crippen molar-refractivity contribution in [2.24, 2.45) is 0 Å². The number of nitrogens with two attached hydrogens (primary N) is 2. The van der Waals surface area contributed by atoms with E-state index in [2.05, 4.69) is 62.4 Å². The molecule has 0 fully saturated rings. The first-order valence-corrected chi connectivity index (χ1v) is 10.1.